The average molecular weight is 222 g/mol. The van der Waals surface area contributed by atoms with E-state index >= 15 is 0 Å². The molecule has 0 radical (unpaired) electrons. The third-order valence-corrected chi connectivity index (χ3v) is 2.57. The number of benzene rings is 1. The summed E-state index contributed by atoms with van der Waals surface area (Å²) in [6.45, 7) is 1.31. The fraction of sp³-hybridized carbons (Fsp3) is 0.333. The average Bonchev–Trinajstić information content (AvgIpc) is 2.10. The largest absolute Gasteiger partial charge is 0.284 e. The van der Waals surface area contributed by atoms with Crippen molar-refractivity contribution in [3.63, 3.8) is 0 Å². The zero-order chi connectivity index (χ0) is 9.84. The highest BCUT2D eigenvalue weighted by Crippen LogP contribution is 2.25. The van der Waals surface area contributed by atoms with Crippen LogP contribution < -0.4 is 5.32 Å². The van der Waals surface area contributed by atoms with E-state index in [0.717, 1.165) is 5.56 Å². The summed E-state index contributed by atoms with van der Waals surface area (Å²) in [5.41, 5.74) is 0.923. The molecule has 1 N–H and O–H groups in total. The normalized spacial score (nSPS) is 12.9. The van der Waals surface area contributed by atoms with Gasteiger partial charge in [0.2, 0.25) is 0 Å². The number of hydrogen-bond acceptors (Lipinski definition) is 1. The quantitative estimate of drug-likeness (QED) is 0.771. The fourth-order valence-electron chi connectivity index (χ4n) is 1.02. The summed E-state index contributed by atoms with van der Waals surface area (Å²) in [6, 6.07) is 5.20. The summed E-state index contributed by atoms with van der Waals surface area (Å²) < 4.78 is 11.9. The first-order chi connectivity index (χ1) is 6.15. The highest BCUT2D eigenvalue weighted by Gasteiger charge is 2.06. The van der Waals surface area contributed by atoms with Gasteiger partial charge in [-0.25, -0.2) is 4.39 Å². The lowest BCUT2D eigenvalue weighted by Gasteiger charge is -2.11. The molecule has 1 nitrogen and oxygen atoms in total. The predicted octanol–water partition coefficient (Wildman–Crippen LogP) is 3.57. The van der Waals surface area contributed by atoms with Crippen molar-refractivity contribution in [1.29, 1.82) is 0 Å². The molecule has 0 aliphatic carbocycles. The van der Waals surface area contributed by atoms with Crippen molar-refractivity contribution in [2.45, 2.75) is 13.0 Å². The van der Waals surface area contributed by atoms with Crippen molar-refractivity contribution >= 4 is 23.2 Å². The monoisotopic (exact) mass is 221 g/mol. The van der Waals surface area contributed by atoms with Crippen LogP contribution in [0.3, 0.4) is 0 Å². The molecule has 72 valence electrons. The van der Waals surface area contributed by atoms with Crippen LogP contribution in [0, 0.1) is 0 Å². The van der Waals surface area contributed by atoms with Crippen molar-refractivity contribution in [1.82, 2.24) is 5.32 Å². The maximum atomic E-state index is 11.9. The van der Waals surface area contributed by atoms with Gasteiger partial charge in [-0.2, -0.15) is 0 Å². The van der Waals surface area contributed by atoms with E-state index in [0.29, 0.717) is 10.0 Å². The Kier molecular flexibility index (Phi) is 3.97. The van der Waals surface area contributed by atoms with Crippen LogP contribution in [0.1, 0.15) is 18.5 Å². The number of alkyl halides is 1. The Bertz CT molecular complexity index is 291. The molecule has 0 fully saturated rings. The van der Waals surface area contributed by atoms with Crippen LogP contribution in [0.5, 0.6) is 0 Å². The molecule has 13 heavy (non-hydrogen) atoms. The Morgan fingerprint density at radius 2 is 2.08 bits per heavy atom. The van der Waals surface area contributed by atoms with Crippen LogP contribution in [0.15, 0.2) is 18.2 Å². The van der Waals surface area contributed by atoms with Crippen LogP contribution >= 0.6 is 23.2 Å². The Morgan fingerprint density at radius 1 is 1.38 bits per heavy atom. The van der Waals surface area contributed by atoms with Crippen LogP contribution in [0.25, 0.3) is 0 Å². The lowest BCUT2D eigenvalue weighted by atomic mass is 10.1. The minimum atomic E-state index is -0.554. The molecular weight excluding hydrogens is 212 g/mol. The maximum Gasteiger partial charge on any atom is 0.140 e. The number of hydrogen-bond donors (Lipinski definition) is 1. The van der Waals surface area contributed by atoms with Crippen molar-refractivity contribution < 1.29 is 4.39 Å². The van der Waals surface area contributed by atoms with Crippen molar-refractivity contribution in [2.75, 3.05) is 6.80 Å². The van der Waals surface area contributed by atoms with Gasteiger partial charge in [0.25, 0.3) is 0 Å². The van der Waals surface area contributed by atoms with Gasteiger partial charge >= 0.3 is 0 Å². The van der Waals surface area contributed by atoms with E-state index in [1.54, 1.807) is 12.1 Å². The van der Waals surface area contributed by atoms with Crippen LogP contribution in [0.4, 0.5) is 4.39 Å². The van der Waals surface area contributed by atoms with Crippen LogP contribution in [0.2, 0.25) is 10.0 Å². The van der Waals surface area contributed by atoms with Crippen LogP contribution in [-0.2, 0) is 0 Å². The predicted molar refractivity (Wildman–Crippen MR) is 54.0 cm³/mol. The summed E-state index contributed by atoms with van der Waals surface area (Å²) in [4.78, 5) is 0. The molecule has 1 aromatic carbocycles. The van der Waals surface area contributed by atoms with E-state index < -0.39 is 6.80 Å². The second kappa shape index (κ2) is 4.80. The minimum absolute atomic E-state index is 0.0558. The van der Waals surface area contributed by atoms with Gasteiger partial charge in [0.15, 0.2) is 0 Å². The molecule has 0 saturated heterocycles. The molecule has 0 amide bonds. The van der Waals surface area contributed by atoms with E-state index in [1.165, 1.54) is 0 Å². The third kappa shape index (κ3) is 2.83. The molecule has 0 aromatic heterocycles. The molecule has 0 aliphatic rings. The standard InChI is InChI=1S/C9H10Cl2FN/c1-6(13-5-12)7-2-3-8(10)9(11)4-7/h2-4,6,13H,5H2,1H3/t6-/m1/s1. The van der Waals surface area contributed by atoms with Gasteiger partial charge in [-0.1, -0.05) is 29.3 Å². The topological polar surface area (TPSA) is 12.0 Å². The molecule has 0 bridgehead atoms. The number of rotatable bonds is 3. The van der Waals surface area contributed by atoms with E-state index in [9.17, 15) is 4.39 Å². The van der Waals surface area contributed by atoms with Crippen molar-refractivity contribution in [3.8, 4) is 0 Å². The molecule has 0 heterocycles. The summed E-state index contributed by atoms with van der Waals surface area (Å²) in [6.07, 6.45) is 0. The zero-order valence-corrected chi connectivity index (χ0v) is 8.66. The number of nitrogens with one attached hydrogen (secondary N) is 1. The van der Waals surface area contributed by atoms with Crippen LogP contribution in [-0.4, -0.2) is 6.80 Å². The van der Waals surface area contributed by atoms with Crippen molar-refractivity contribution in [3.05, 3.63) is 33.8 Å². The van der Waals surface area contributed by atoms with Gasteiger partial charge in [-0.05, 0) is 24.6 Å². The molecule has 1 rings (SSSR count). The molecular formula is C9H10Cl2FN. The highest BCUT2D eigenvalue weighted by molar-refractivity contribution is 6.42. The van der Waals surface area contributed by atoms with E-state index in [4.69, 9.17) is 23.2 Å². The molecule has 0 spiro atoms. The highest BCUT2D eigenvalue weighted by atomic mass is 35.5. The first kappa shape index (κ1) is 10.8. The van der Waals surface area contributed by atoms with Gasteiger partial charge in [-0.15, -0.1) is 0 Å². The molecule has 4 heteroatoms. The Hall–Kier alpha value is -0.310. The SMILES string of the molecule is C[C@@H](NCF)c1ccc(Cl)c(Cl)c1. The van der Waals surface area contributed by atoms with Gasteiger partial charge < -0.3 is 0 Å². The molecule has 1 aromatic rings. The summed E-state index contributed by atoms with van der Waals surface area (Å²) in [5.74, 6) is 0. The Balaban J connectivity index is 2.84. The molecule has 0 aliphatic heterocycles. The fourth-order valence-corrected chi connectivity index (χ4v) is 1.32. The molecule has 0 saturated carbocycles. The summed E-state index contributed by atoms with van der Waals surface area (Å²) in [7, 11) is 0. The molecule has 1 atom stereocenters. The molecule has 0 unspecified atom stereocenters. The lowest BCUT2D eigenvalue weighted by molar-refractivity contribution is 0.392. The Labute approximate surface area is 86.8 Å². The first-order valence-corrected chi connectivity index (χ1v) is 4.65. The lowest BCUT2D eigenvalue weighted by Crippen LogP contribution is -2.16. The second-order valence-corrected chi connectivity index (χ2v) is 3.55. The minimum Gasteiger partial charge on any atom is -0.284 e. The van der Waals surface area contributed by atoms with E-state index in [2.05, 4.69) is 5.32 Å². The summed E-state index contributed by atoms with van der Waals surface area (Å²) >= 11 is 11.5. The smallest absolute Gasteiger partial charge is 0.140 e. The van der Waals surface area contributed by atoms with Gasteiger partial charge in [0.1, 0.15) is 6.80 Å². The van der Waals surface area contributed by atoms with Gasteiger partial charge in [0, 0.05) is 6.04 Å². The van der Waals surface area contributed by atoms with Crippen molar-refractivity contribution in [2.24, 2.45) is 0 Å². The zero-order valence-electron chi connectivity index (χ0n) is 7.15. The maximum absolute atomic E-state index is 11.9. The second-order valence-electron chi connectivity index (χ2n) is 2.73. The third-order valence-electron chi connectivity index (χ3n) is 1.83. The Morgan fingerprint density at radius 3 is 2.62 bits per heavy atom. The van der Waals surface area contributed by atoms with E-state index in [1.807, 2.05) is 13.0 Å². The summed E-state index contributed by atoms with van der Waals surface area (Å²) in [5, 5.41) is 3.64. The van der Waals surface area contributed by atoms with Gasteiger partial charge in [-0.3, -0.25) is 5.32 Å². The first-order valence-electron chi connectivity index (χ1n) is 3.89. The van der Waals surface area contributed by atoms with E-state index in [-0.39, 0.29) is 6.04 Å². The van der Waals surface area contributed by atoms with Gasteiger partial charge in [0.05, 0.1) is 10.0 Å². The number of halogens is 3.